The monoisotopic (exact) mass is 574 g/mol. The Morgan fingerprint density at radius 1 is 0.578 bits per heavy atom. The molecular formula is C42H26N2O. The highest BCUT2D eigenvalue weighted by atomic mass is 16.3. The number of rotatable bonds is 2. The molecule has 1 unspecified atom stereocenters. The Bertz CT molecular complexity index is 2500. The maximum Gasteiger partial charge on any atom is 0.140 e. The first-order valence-corrected chi connectivity index (χ1v) is 15.3. The van der Waals surface area contributed by atoms with Gasteiger partial charge in [0.2, 0.25) is 0 Å². The lowest BCUT2D eigenvalue weighted by molar-refractivity contribution is 0.620. The van der Waals surface area contributed by atoms with Gasteiger partial charge < -0.3 is 4.42 Å². The minimum absolute atomic E-state index is 0.0633. The molecule has 0 aliphatic heterocycles. The number of hydrogen-bond acceptors (Lipinski definition) is 3. The van der Waals surface area contributed by atoms with Crippen LogP contribution < -0.4 is 0 Å². The Morgan fingerprint density at radius 3 is 2.13 bits per heavy atom. The summed E-state index contributed by atoms with van der Waals surface area (Å²) < 4.78 is 6.66. The van der Waals surface area contributed by atoms with Gasteiger partial charge >= 0.3 is 0 Å². The first-order valence-electron chi connectivity index (χ1n) is 15.3. The van der Waals surface area contributed by atoms with Crippen molar-refractivity contribution in [2.45, 2.75) is 25.2 Å². The van der Waals surface area contributed by atoms with E-state index in [0.717, 1.165) is 55.3 Å². The maximum absolute atomic E-state index is 9.94. The summed E-state index contributed by atoms with van der Waals surface area (Å²) >= 11 is 0. The van der Waals surface area contributed by atoms with Crippen LogP contribution in [0.4, 0.5) is 0 Å². The van der Waals surface area contributed by atoms with Crippen molar-refractivity contribution in [2.24, 2.45) is 0 Å². The number of nitriles is 2. The molecule has 0 saturated carbocycles. The van der Waals surface area contributed by atoms with Gasteiger partial charge in [0.15, 0.2) is 0 Å². The predicted molar refractivity (Wildman–Crippen MR) is 179 cm³/mol. The predicted octanol–water partition coefficient (Wildman–Crippen LogP) is 10.5. The topological polar surface area (TPSA) is 60.7 Å². The van der Waals surface area contributed by atoms with Gasteiger partial charge in [-0.15, -0.1) is 0 Å². The third-order valence-electron chi connectivity index (χ3n) is 10.0. The molecule has 0 amide bonds. The molecule has 2 aliphatic rings. The molecule has 6 aromatic carbocycles. The second-order valence-corrected chi connectivity index (χ2v) is 12.7. The smallest absolute Gasteiger partial charge is 0.140 e. The van der Waals surface area contributed by atoms with Crippen molar-refractivity contribution in [3.63, 3.8) is 0 Å². The lowest BCUT2D eigenvalue weighted by atomic mass is 9.81. The summed E-state index contributed by atoms with van der Waals surface area (Å²) in [5.74, 6) is -0.0633. The van der Waals surface area contributed by atoms with Gasteiger partial charge in [-0.1, -0.05) is 86.6 Å². The molecule has 1 heterocycles. The van der Waals surface area contributed by atoms with Gasteiger partial charge in [0, 0.05) is 27.7 Å². The van der Waals surface area contributed by atoms with Gasteiger partial charge in [-0.25, -0.2) is 0 Å². The van der Waals surface area contributed by atoms with Gasteiger partial charge in [-0.2, -0.15) is 10.5 Å². The third kappa shape index (κ3) is 3.44. The van der Waals surface area contributed by atoms with Gasteiger partial charge in [0.1, 0.15) is 11.2 Å². The lowest BCUT2D eigenvalue weighted by Gasteiger charge is -2.21. The summed E-state index contributed by atoms with van der Waals surface area (Å²) in [5.41, 5.74) is 15.8. The van der Waals surface area contributed by atoms with Crippen molar-refractivity contribution in [3.8, 4) is 45.5 Å². The van der Waals surface area contributed by atoms with Crippen LogP contribution in [0.5, 0.6) is 0 Å². The molecule has 0 spiro atoms. The second kappa shape index (κ2) is 9.06. The van der Waals surface area contributed by atoms with E-state index in [4.69, 9.17) is 4.42 Å². The molecule has 7 aromatic rings. The second-order valence-electron chi connectivity index (χ2n) is 12.7. The van der Waals surface area contributed by atoms with E-state index in [1.807, 2.05) is 30.3 Å². The summed E-state index contributed by atoms with van der Waals surface area (Å²) in [6.45, 7) is 4.57. The van der Waals surface area contributed by atoms with Crippen LogP contribution in [0.25, 0.3) is 55.3 Å². The highest BCUT2D eigenvalue weighted by molar-refractivity contribution is 6.10. The summed E-state index contributed by atoms with van der Waals surface area (Å²) in [4.78, 5) is 0. The number of benzene rings is 6. The Kier molecular flexibility index (Phi) is 5.15. The molecule has 0 N–H and O–H groups in total. The number of furan rings is 1. The maximum atomic E-state index is 9.94. The molecule has 210 valence electrons. The van der Waals surface area contributed by atoms with Crippen LogP contribution in [0.1, 0.15) is 58.7 Å². The lowest BCUT2D eigenvalue weighted by Crippen LogP contribution is -2.15. The van der Waals surface area contributed by atoms with E-state index < -0.39 is 0 Å². The van der Waals surface area contributed by atoms with Crippen molar-refractivity contribution in [1.82, 2.24) is 0 Å². The first-order chi connectivity index (χ1) is 22.0. The quantitative estimate of drug-likeness (QED) is 0.206. The summed E-state index contributed by atoms with van der Waals surface area (Å²) in [6.07, 6.45) is 0. The standard InChI is InChI=1S/C42H26N2O/c1-42(2)37-10-6-5-8-29(37)32-16-17-33-35-21-26(13-18-38(35)45-41(33)40(32)42)27-14-11-25(23-44)20-36(27)39-30-9-4-3-7-28(30)34-19-24(22-43)12-15-31(34)39/h3-21,39H,1-2H3. The summed E-state index contributed by atoms with van der Waals surface area (Å²) in [7, 11) is 0. The molecule has 3 nitrogen and oxygen atoms in total. The van der Waals surface area contributed by atoms with Crippen LogP contribution in [0, 0.1) is 22.7 Å². The Morgan fingerprint density at radius 2 is 1.29 bits per heavy atom. The Hall–Kier alpha value is -5.90. The SMILES string of the molecule is CC1(C)c2ccccc2-c2ccc3c(oc4ccc(-c5ccc(C#N)cc5C5c6ccccc6-c6cc(C#N)ccc65)cc43)c21. The zero-order chi connectivity index (χ0) is 30.4. The van der Waals surface area contributed by atoms with Crippen LogP contribution in [-0.4, -0.2) is 0 Å². The summed E-state index contributed by atoms with van der Waals surface area (Å²) in [5, 5.41) is 21.8. The van der Waals surface area contributed by atoms with Crippen LogP contribution in [0.15, 0.2) is 120 Å². The molecule has 1 aromatic heterocycles. The van der Waals surface area contributed by atoms with Crippen LogP contribution in [0.3, 0.4) is 0 Å². The zero-order valence-electron chi connectivity index (χ0n) is 24.8. The minimum Gasteiger partial charge on any atom is -0.456 e. The molecule has 2 aliphatic carbocycles. The average molecular weight is 575 g/mol. The first kappa shape index (κ1) is 25.6. The largest absolute Gasteiger partial charge is 0.456 e. The van der Waals surface area contributed by atoms with Crippen molar-refractivity contribution in [2.75, 3.05) is 0 Å². The molecule has 1 atom stereocenters. The number of hydrogen-bond donors (Lipinski definition) is 0. The van der Waals surface area contributed by atoms with E-state index in [1.54, 1.807) is 0 Å². The number of fused-ring (bicyclic) bond motifs is 10. The molecular weight excluding hydrogens is 548 g/mol. The molecule has 0 fully saturated rings. The van der Waals surface area contributed by atoms with E-state index in [1.165, 1.54) is 27.8 Å². The molecule has 45 heavy (non-hydrogen) atoms. The van der Waals surface area contributed by atoms with Gasteiger partial charge in [-0.05, 0) is 98.1 Å². The highest BCUT2D eigenvalue weighted by Gasteiger charge is 2.38. The molecule has 3 heteroatoms. The van der Waals surface area contributed by atoms with Gasteiger partial charge in [0.25, 0.3) is 0 Å². The van der Waals surface area contributed by atoms with E-state index in [9.17, 15) is 10.5 Å². The fourth-order valence-corrected chi connectivity index (χ4v) is 7.99. The van der Waals surface area contributed by atoms with Crippen LogP contribution in [0.2, 0.25) is 0 Å². The summed E-state index contributed by atoms with van der Waals surface area (Å²) in [6, 6.07) is 44.7. The van der Waals surface area contributed by atoms with E-state index in [-0.39, 0.29) is 11.3 Å². The fourth-order valence-electron chi connectivity index (χ4n) is 7.99. The van der Waals surface area contributed by atoms with Crippen molar-refractivity contribution in [1.29, 1.82) is 10.5 Å². The van der Waals surface area contributed by atoms with Gasteiger partial charge in [0.05, 0.1) is 23.3 Å². The normalized spacial score (nSPS) is 15.2. The van der Waals surface area contributed by atoms with E-state index in [0.29, 0.717) is 11.1 Å². The Balaban J connectivity index is 1.26. The molecule has 0 saturated heterocycles. The van der Waals surface area contributed by atoms with Crippen molar-refractivity contribution in [3.05, 3.63) is 154 Å². The highest BCUT2D eigenvalue weighted by Crippen LogP contribution is 2.53. The molecule has 0 bridgehead atoms. The van der Waals surface area contributed by atoms with Gasteiger partial charge in [-0.3, -0.25) is 0 Å². The number of nitrogens with zero attached hydrogens (tertiary/aromatic N) is 2. The third-order valence-corrected chi connectivity index (χ3v) is 10.0. The van der Waals surface area contributed by atoms with Crippen LogP contribution in [-0.2, 0) is 5.41 Å². The van der Waals surface area contributed by atoms with Crippen LogP contribution >= 0.6 is 0 Å². The molecule has 9 rings (SSSR count). The van der Waals surface area contributed by atoms with Crippen molar-refractivity contribution >= 4 is 21.9 Å². The average Bonchev–Trinajstić information content (AvgIpc) is 3.69. The molecule has 0 radical (unpaired) electrons. The van der Waals surface area contributed by atoms with E-state index in [2.05, 4.69) is 111 Å². The Labute approximate surface area is 261 Å². The minimum atomic E-state index is -0.170. The van der Waals surface area contributed by atoms with Crippen molar-refractivity contribution < 1.29 is 4.42 Å². The zero-order valence-corrected chi connectivity index (χ0v) is 24.8. The van der Waals surface area contributed by atoms with E-state index >= 15 is 0 Å². The fraction of sp³-hybridized carbons (Fsp3) is 0.0952.